The maximum atomic E-state index is 12.3. The zero-order valence-corrected chi connectivity index (χ0v) is 13.0. The zero-order chi connectivity index (χ0) is 17.5. The van der Waals surface area contributed by atoms with E-state index in [1.807, 2.05) is 13.0 Å². The van der Waals surface area contributed by atoms with Crippen LogP contribution in [0.2, 0.25) is 5.02 Å². The second kappa shape index (κ2) is 5.83. The predicted molar refractivity (Wildman–Crippen MR) is 83.9 cm³/mol. The number of nitrogens with zero attached hydrogens (tertiary/aromatic N) is 1. The molecule has 3 aromatic rings. The minimum absolute atomic E-state index is 0.0281. The summed E-state index contributed by atoms with van der Waals surface area (Å²) in [5.74, 6) is -1.80. The summed E-state index contributed by atoms with van der Waals surface area (Å²) in [5.41, 5.74) is 2.18. The quantitative estimate of drug-likeness (QED) is 0.707. The summed E-state index contributed by atoms with van der Waals surface area (Å²) >= 11 is 6.16. The summed E-state index contributed by atoms with van der Waals surface area (Å²) < 4.78 is 42.4. The molecule has 0 saturated heterocycles. The summed E-state index contributed by atoms with van der Waals surface area (Å²) in [4.78, 5) is 15.2. The first-order valence-corrected chi connectivity index (χ1v) is 7.17. The molecule has 0 unspecified atom stereocenters. The van der Waals surface area contributed by atoms with Crippen molar-refractivity contribution in [2.45, 2.75) is 13.1 Å². The number of rotatable bonds is 2. The standard InChI is InChI=1S/C16H10ClF3N2O2/c1-8-2-4-10(11(17)6-8)14-22-12-7-9(3-5-13(12)24-14)21-15(23)16(18,19)20/h2-7H,1H3,(H,21,23). The van der Waals surface area contributed by atoms with Crippen molar-refractivity contribution in [3.05, 3.63) is 47.0 Å². The second-order valence-corrected chi connectivity index (χ2v) is 5.54. The van der Waals surface area contributed by atoms with E-state index in [1.165, 1.54) is 18.2 Å². The lowest BCUT2D eigenvalue weighted by atomic mass is 10.1. The molecular formula is C16H10ClF3N2O2. The number of fused-ring (bicyclic) bond motifs is 1. The number of aryl methyl sites for hydroxylation is 1. The van der Waals surface area contributed by atoms with E-state index in [0.29, 0.717) is 21.7 Å². The number of aromatic nitrogens is 1. The molecule has 0 radical (unpaired) electrons. The SMILES string of the molecule is Cc1ccc(-c2nc3cc(NC(=O)C(F)(F)F)ccc3o2)c(Cl)c1. The van der Waals surface area contributed by atoms with Gasteiger partial charge >= 0.3 is 12.1 Å². The minimum Gasteiger partial charge on any atom is -0.436 e. The van der Waals surface area contributed by atoms with Gasteiger partial charge in [0.15, 0.2) is 5.58 Å². The van der Waals surface area contributed by atoms with Gasteiger partial charge in [0.05, 0.1) is 10.6 Å². The van der Waals surface area contributed by atoms with E-state index in [1.54, 1.807) is 17.4 Å². The smallest absolute Gasteiger partial charge is 0.436 e. The van der Waals surface area contributed by atoms with E-state index < -0.39 is 12.1 Å². The lowest BCUT2D eigenvalue weighted by molar-refractivity contribution is -0.167. The average Bonchev–Trinajstić information content (AvgIpc) is 2.88. The third kappa shape index (κ3) is 3.21. The lowest BCUT2D eigenvalue weighted by Crippen LogP contribution is -2.29. The van der Waals surface area contributed by atoms with Crippen molar-refractivity contribution in [2.24, 2.45) is 0 Å². The number of halogens is 4. The first-order valence-electron chi connectivity index (χ1n) is 6.79. The molecule has 24 heavy (non-hydrogen) atoms. The fraction of sp³-hybridized carbons (Fsp3) is 0.125. The van der Waals surface area contributed by atoms with E-state index in [2.05, 4.69) is 4.98 Å². The van der Waals surface area contributed by atoms with Gasteiger partial charge in [-0.15, -0.1) is 0 Å². The highest BCUT2D eigenvalue weighted by atomic mass is 35.5. The number of hydrogen-bond donors (Lipinski definition) is 1. The van der Waals surface area contributed by atoms with Gasteiger partial charge in [-0.1, -0.05) is 17.7 Å². The second-order valence-electron chi connectivity index (χ2n) is 5.14. The fourth-order valence-electron chi connectivity index (χ4n) is 2.12. The molecule has 0 fully saturated rings. The number of benzene rings is 2. The zero-order valence-electron chi connectivity index (χ0n) is 12.2. The van der Waals surface area contributed by atoms with Crippen molar-refractivity contribution < 1.29 is 22.4 Å². The number of amides is 1. The van der Waals surface area contributed by atoms with Crippen LogP contribution in [0, 0.1) is 6.92 Å². The Morgan fingerprint density at radius 3 is 2.62 bits per heavy atom. The van der Waals surface area contributed by atoms with Gasteiger partial charge in [0.1, 0.15) is 5.52 Å². The molecule has 1 N–H and O–H groups in total. The highest BCUT2D eigenvalue weighted by Crippen LogP contribution is 2.31. The van der Waals surface area contributed by atoms with Crippen LogP contribution in [0.15, 0.2) is 40.8 Å². The van der Waals surface area contributed by atoms with Gasteiger partial charge in [0.25, 0.3) is 0 Å². The van der Waals surface area contributed by atoms with Gasteiger partial charge in [-0.05, 0) is 42.8 Å². The van der Waals surface area contributed by atoms with Crippen LogP contribution in [0.25, 0.3) is 22.6 Å². The van der Waals surface area contributed by atoms with Gasteiger partial charge in [0, 0.05) is 5.69 Å². The maximum Gasteiger partial charge on any atom is 0.471 e. The molecule has 0 atom stereocenters. The lowest BCUT2D eigenvalue weighted by Gasteiger charge is -2.07. The molecular weight excluding hydrogens is 345 g/mol. The molecule has 1 amide bonds. The highest BCUT2D eigenvalue weighted by molar-refractivity contribution is 6.33. The molecule has 2 aromatic carbocycles. The molecule has 0 aliphatic carbocycles. The summed E-state index contributed by atoms with van der Waals surface area (Å²) in [7, 11) is 0. The Balaban J connectivity index is 1.96. The molecule has 0 aliphatic rings. The number of alkyl halides is 3. The van der Waals surface area contributed by atoms with E-state index in [0.717, 1.165) is 5.56 Å². The third-order valence-electron chi connectivity index (χ3n) is 3.26. The molecule has 0 saturated carbocycles. The van der Waals surface area contributed by atoms with Crippen LogP contribution in [-0.2, 0) is 4.79 Å². The molecule has 3 rings (SSSR count). The van der Waals surface area contributed by atoms with Crippen molar-refractivity contribution in [2.75, 3.05) is 5.32 Å². The third-order valence-corrected chi connectivity index (χ3v) is 3.57. The Morgan fingerprint density at radius 1 is 1.21 bits per heavy atom. The molecule has 0 spiro atoms. The van der Waals surface area contributed by atoms with E-state index in [-0.39, 0.29) is 11.6 Å². The predicted octanol–water partition coefficient (Wildman–Crippen LogP) is 4.96. The molecule has 1 heterocycles. The first kappa shape index (κ1) is 16.3. The number of carbonyl (C=O) groups excluding carboxylic acids is 1. The van der Waals surface area contributed by atoms with Crippen molar-refractivity contribution >= 4 is 34.3 Å². The molecule has 124 valence electrons. The topological polar surface area (TPSA) is 55.1 Å². The Bertz CT molecular complexity index is 935. The first-order chi connectivity index (χ1) is 11.2. The monoisotopic (exact) mass is 354 g/mol. The Hall–Kier alpha value is -2.54. The van der Waals surface area contributed by atoms with Gasteiger partial charge < -0.3 is 9.73 Å². The summed E-state index contributed by atoms with van der Waals surface area (Å²) in [6, 6.07) is 9.37. The van der Waals surface area contributed by atoms with Crippen molar-refractivity contribution in [3.8, 4) is 11.5 Å². The van der Waals surface area contributed by atoms with E-state index in [4.69, 9.17) is 16.0 Å². The van der Waals surface area contributed by atoms with Crippen LogP contribution in [-0.4, -0.2) is 17.1 Å². The van der Waals surface area contributed by atoms with Crippen molar-refractivity contribution in [3.63, 3.8) is 0 Å². The number of nitrogens with one attached hydrogen (secondary N) is 1. The normalized spacial score (nSPS) is 11.7. The van der Waals surface area contributed by atoms with Crippen molar-refractivity contribution in [1.29, 1.82) is 0 Å². The number of carbonyl (C=O) groups is 1. The molecule has 0 bridgehead atoms. The Morgan fingerprint density at radius 2 is 1.96 bits per heavy atom. The number of oxazole rings is 1. The largest absolute Gasteiger partial charge is 0.471 e. The van der Waals surface area contributed by atoms with Gasteiger partial charge in [-0.2, -0.15) is 13.2 Å². The minimum atomic E-state index is -4.96. The number of hydrogen-bond acceptors (Lipinski definition) is 3. The summed E-state index contributed by atoms with van der Waals surface area (Å²) in [5, 5.41) is 2.22. The molecule has 0 aliphatic heterocycles. The van der Waals surface area contributed by atoms with E-state index in [9.17, 15) is 18.0 Å². The van der Waals surface area contributed by atoms with Crippen LogP contribution < -0.4 is 5.32 Å². The average molecular weight is 355 g/mol. The molecule has 8 heteroatoms. The van der Waals surface area contributed by atoms with Gasteiger partial charge in [-0.3, -0.25) is 4.79 Å². The van der Waals surface area contributed by atoms with Crippen LogP contribution in [0.4, 0.5) is 18.9 Å². The Kier molecular flexibility index (Phi) is 3.96. The van der Waals surface area contributed by atoms with E-state index >= 15 is 0 Å². The van der Waals surface area contributed by atoms with Crippen LogP contribution in [0.3, 0.4) is 0 Å². The van der Waals surface area contributed by atoms with Crippen molar-refractivity contribution in [1.82, 2.24) is 4.98 Å². The number of anilines is 1. The Labute approximate surface area is 139 Å². The van der Waals surface area contributed by atoms with Gasteiger partial charge in [-0.25, -0.2) is 4.98 Å². The highest BCUT2D eigenvalue weighted by Gasteiger charge is 2.38. The summed E-state index contributed by atoms with van der Waals surface area (Å²) in [6.07, 6.45) is -4.96. The maximum absolute atomic E-state index is 12.3. The van der Waals surface area contributed by atoms with Crippen LogP contribution in [0.5, 0.6) is 0 Å². The van der Waals surface area contributed by atoms with Gasteiger partial charge in [0.2, 0.25) is 5.89 Å². The molecule has 4 nitrogen and oxygen atoms in total. The summed E-state index contributed by atoms with van der Waals surface area (Å²) in [6.45, 7) is 1.89. The molecule has 1 aromatic heterocycles. The van der Waals surface area contributed by atoms with Crippen LogP contribution >= 0.6 is 11.6 Å². The van der Waals surface area contributed by atoms with Crippen LogP contribution in [0.1, 0.15) is 5.56 Å². The fourth-order valence-corrected chi connectivity index (χ4v) is 2.43.